The quantitative estimate of drug-likeness (QED) is 0.207. The van der Waals surface area contributed by atoms with E-state index in [1.54, 1.807) is 12.1 Å². The minimum atomic E-state index is -1.52. The Kier molecular flexibility index (Phi) is 10.9. The van der Waals surface area contributed by atoms with Crippen LogP contribution in [0.25, 0.3) is 0 Å². The van der Waals surface area contributed by atoms with E-state index in [0.717, 1.165) is 19.3 Å². The molecule has 170 valence electrons. The first kappa shape index (κ1) is 25.8. The third kappa shape index (κ3) is 9.85. The molecule has 10 nitrogen and oxygen atoms in total. The van der Waals surface area contributed by atoms with Crippen molar-refractivity contribution in [3.8, 4) is 0 Å². The Morgan fingerprint density at radius 1 is 0.935 bits per heavy atom. The van der Waals surface area contributed by atoms with E-state index in [2.05, 4.69) is 10.6 Å². The number of unbranched alkanes of at least 4 members (excludes halogenated alkanes) is 2. The molecule has 0 heterocycles. The Labute approximate surface area is 180 Å². The molecule has 1 unspecified atom stereocenters. The summed E-state index contributed by atoms with van der Waals surface area (Å²) in [5.74, 6) is -3.98. The van der Waals surface area contributed by atoms with Gasteiger partial charge < -0.3 is 26.6 Å². The molecule has 31 heavy (non-hydrogen) atoms. The summed E-state index contributed by atoms with van der Waals surface area (Å²) in [5, 5.41) is 22.5. The third-order valence-corrected chi connectivity index (χ3v) is 4.51. The highest BCUT2D eigenvalue weighted by atomic mass is 16.4. The highest BCUT2D eigenvalue weighted by Crippen LogP contribution is 2.12. The van der Waals surface area contributed by atoms with Crippen molar-refractivity contribution in [1.82, 2.24) is 10.6 Å². The zero-order chi connectivity index (χ0) is 23.4. The van der Waals surface area contributed by atoms with Crippen molar-refractivity contribution in [1.29, 1.82) is 0 Å². The molecular weight excluding hydrogens is 406 g/mol. The van der Waals surface area contributed by atoms with Crippen LogP contribution in [0.5, 0.6) is 0 Å². The number of carbonyl (C=O) groups is 5. The maximum absolute atomic E-state index is 12.8. The lowest BCUT2D eigenvalue weighted by Crippen LogP contribution is -2.42. The second kappa shape index (κ2) is 13.1. The van der Waals surface area contributed by atoms with Crippen LogP contribution < -0.4 is 16.4 Å². The Morgan fingerprint density at radius 2 is 1.58 bits per heavy atom. The van der Waals surface area contributed by atoms with Crippen LogP contribution in [0.15, 0.2) is 24.3 Å². The van der Waals surface area contributed by atoms with Gasteiger partial charge in [0.05, 0.1) is 18.9 Å². The van der Waals surface area contributed by atoms with Crippen LogP contribution >= 0.6 is 0 Å². The second-order valence-corrected chi connectivity index (χ2v) is 7.19. The van der Waals surface area contributed by atoms with Gasteiger partial charge in [0.2, 0.25) is 11.8 Å². The largest absolute Gasteiger partial charge is 0.481 e. The molecule has 1 aromatic rings. The van der Waals surface area contributed by atoms with Gasteiger partial charge in [-0.05, 0) is 24.9 Å². The number of nitrogens with two attached hydrogens (primary N) is 1. The van der Waals surface area contributed by atoms with Crippen molar-refractivity contribution in [3.05, 3.63) is 35.4 Å². The fourth-order valence-corrected chi connectivity index (χ4v) is 2.98. The molecule has 0 fully saturated rings. The fourth-order valence-electron chi connectivity index (χ4n) is 2.98. The summed E-state index contributed by atoms with van der Waals surface area (Å²) in [6.07, 6.45) is 2.02. The lowest BCUT2D eigenvalue weighted by molar-refractivity contribution is -0.147. The van der Waals surface area contributed by atoms with Crippen LogP contribution in [0.2, 0.25) is 0 Å². The smallest absolute Gasteiger partial charge is 0.326 e. The summed E-state index contributed by atoms with van der Waals surface area (Å²) < 4.78 is 0. The summed E-state index contributed by atoms with van der Waals surface area (Å²) in [5.41, 5.74) is 6.36. The number of nitrogens with one attached hydrogen (secondary N) is 2. The SMILES string of the molecule is CC(=O)NC(CCCCCN)C(=O)c1ccc(CC(=O)N[C@@H](CC(=O)O)C(=O)O)cc1. The first-order chi connectivity index (χ1) is 14.6. The lowest BCUT2D eigenvalue weighted by atomic mass is 9.97. The minimum absolute atomic E-state index is 0.175. The summed E-state index contributed by atoms with van der Waals surface area (Å²) in [6, 6.07) is 4.00. The highest BCUT2D eigenvalue weighted by molar-refractivity contribution is 6.01. The van der Waals surface area contributed by atoms with Crippen LogP contribution in [0.3, 0.4) is 0 Å². The molecule has 1 aromatic carbocycles. The summed E-state index contributed by atoms with van der Waals surface area (Å²) in [7, 11) is 0. The molecule has 10 heteroatoms. The fraction of sp³-hybridized carbons (Fsp3) is 0.476. The molecule has 0 saturated carbocycles. The van der Waals surface area contributed by atoms with Crippen LogP contribution in [0, 0.1) is 0 Å². The molecular formula is C21H29N3O7. The normalized spacial score (nSPS) is 12.5. The Bertz CT molecular complexity index is 793. The lowest BCUT2D eigenvalue weighted by Gasteiger charge is -2.17. The average Bonchev–Trinajstić information content (AvgIpc) is 2.69. The average molecular weight is 435 g/mol. The van der Waals surface area contributed by atoms with Crippen molar-refractivity contribution in [2.24, 2.45) is 5.73 Å². The van der Waals surface area contributed by atoms with Crippen molar-refractivity contribution in [2.75, 3.05) is 6.54 Å². The number of benzene rings is 1. The summed E-state index contributed by atoms with van der Waals surface area (Å²) in [4.78, 5) is 58.0. The third-order valence-electron chi connectivity index (χ3n) is 4.51. The van der Waals surface area contributed by atoms with Crippen LogP contribution in [0.4, 0.5) is 0 Å². The van der Waals surface area contributed by atoms with E-state index in [4.69, 9.17) is 15.9 Å². The van der Waals surface area contributed by atoms with E-state index in [-0.39, 0.29) is 18.1 Å². The number of hydrogen-bond donors (Lipinski definition) is 5. The summed E-state index contributed by atoms with van der Waals surface area (Å²) in [6.45, 7) is 1.91. The number of aliphatic carboxylic acids is 2. The van der Waals surface area contributed by atoms with Gasteiger partial charge in [-0.15, -0.1) is 0 Å². The molecule has 0 saturated heterocycles. The zero-order valence-corrected chi connectivity index (χ0v) is 17.4. The number of carbonyl (C=O) groups excluding carboxylic acids is 3. The number of hydrogen-bond acceptors (Lipinski definition) is 6. The van der Waals surface area contributed by atoms with E-state index in [9.17, 15) is 24.0 Å². The molecule has 0 aliphatic carbocycles. The molecule has 0 aliphatic heterocycles. The molecule has 6 N–H and O–H groups in total. The van der Waals surface area contributed by atoms with Gasteiger partial charge in [-0.1, -0.05) is 37.1 Å². The van der Waals surface area contributed by atoms with Crippen molar-refractivity contribution in [2.45, 2.75) is 57.5 Å². The van der Waals surface area contributed by atoms with Gasteiger partial charge in [0.1, 0.15) is 6.04 Å². The van der Waals surface area contributed by atoms with Crippen LogP contribution in [-0.4, -0.2) is 58.4 Å². The number of ketones is 1. The number of Topliss-reactive ketones (excluding diaryl/α,β-unsaturated/α-hetero) is 1. The van der Waals surface area contributed by atoms with Crippen molar-refractivity contribution < 1.29 is 34.2 Å². The van der Waals surface area contributed by atoms with Gasteiger partial charge >= 0.3 is 11.9 Å². The number of rotatable bonds is 14. The monoisotopic (exact) mass is 435 g/mol. The highest BCUT2D eigenvalue weighted by Gasteiger charge is 2.23. The van der Waals surface area contributed by atoms with Gasteiger partial charge in [-0.25, -0.2) is 4.79 Å². The van der Waals surface area contributed by atoms with E-state index in [1.807, 2.05) is 0 Å². The minimum Gasteiger partial charge on any atom is -0.481 e. The zero-order valence-electron chi connectivity index (χ0n) is 17.4. The maximum atomic E-state index is 12.8. The summed E-state index contributed by atoms with van der Waals surface area (Å²) >= 11 is 0. The van der Waals surface area contributed by atoms with E-state index >= 15 is 0 Å². The Balaban J connectivity index is 2.75. The molecule has 0 spiro atoms. The van der Waals surface area contributed by atoms with E-state index in [0.29, 0.717) is 24.1 Å². The molecule has 0 radical (unpaired) electrons. The molecule has 1 rings (SSSR count). The molecule has 2 amide bonds. The number of carboxylic acids is 2. The maximum Gasteiger partial charge on any atom is 0.326 e. The standard InChI is InChI=1S/C21H29N3O7/c1-13(25)23-16(5-3-2-4-10-22)20(29)15-8-6-14(7-9-15)11-18(26)24-17(21(30)31)12-19(27)28/h6-9,16-17H,2-5,10-12,22H2,1H3,(H,23,25)(H,24,26)(H,27,28)(H,30,31)/t16?,17-/m0/s1. The molecule has 0 aromatic heterocycles. The first-order valence-corrected chi connectivity index (χ1v) is 9.98. The predicted molar refractivity (Wildman–Crippen MR) is 111 cm³/mol. The molecule has 2 atom stereocenters. The number of amides is 2. The topological polar surface area (TPSA) is 176 Å². The van der Waals surface area contributed by atoms with Gasteiger partial charge in [-0.3, -0.25) is 19.2 Å². The number of carboxylic acid groups (broad SMARTS) is 2. The van der Waals surface area contributed by atoms with Crippen molar-refractivity contribution in [3.63, 3.8) is 0 Å². The van der Waals surface area contributed by atoms with Gasteiger partial charge in [0, 0.05) is 12.5 Å². The van der Waals surface area contributed by atoms with Crippen LogP contribution in [0.1, 0.15) is 54.9 Å². The van der Waals surface area contributed by atoms with Gasteiger partial charge in [-0.2, -0.15) is 0 Å². The molecule has 0 aliphatic rings. The second-order valence-electron chi connectivity index (χ2n) is 7.19. The van der Waals surface area contributed by atoms with Gasteiger partial charge in [0.15, 0.2) is 5.78 Å². The van der Waals surface area contributed by atoms with Crippen molar-refractivity contribution >= 4 is 29.5 Å². The Hall–Kier alpha value is -3.27. The van der Waals surface area contributed by atoms with E-state index < -0.39 is 36.4 Å². The first-order valence-electron chi connectivity index (χ1n) is 9.98. The van der Waals surface area contributed by atoms with Crippen LogP contribution in [-0.2, 0) is 25.6 Å². The molecule has 0 bridgehead atoms. The Morgan fingerprint density at radius 3 is 2.10 bits per heavy atom. The predicted octanol–water partition coefficient (Wildman–Crippen LogP) is 0.480. The van der Waals surface area contributed by atoms with Gasteiger partial charge in [0.25, 0.3) is 0 Å². The van der Waals surface area contributed by atoms with E-state index in [1.165, 1.54) is 19.1 Å².